The predicted molar refractivity (Wildman–Crippen MR) is 89.3 cm³/mol. The molecule has 0 saturated heterocycles. The van der Waals surface area contributed by atoms with E-state index in [9.17, 15) is 9.90 Å². The van der Waals surface area contributed by atoms with Crippen molar-refractivity contribution < 1.29 is 14.5 Å². The van der Waals surface area contributed by atoms with E-state index in [1.54, 1.807) is 35.2 Å². The van der Waals surface area contributed by atoms with E-state index < -0.39 is 0 Å². The summed E-state index contributed by atoms with van der Waals surface area (Å²) in [5.41, 5.74) is 3.15. The van der Waals surface area contributed by atoms with Crippen molar-refractivity contribution in [2.24, 2.45) is 0 Å². The number of benzene rings is 1. The standard InChI is InChI=1S/C19H20N2O2/c1-19(2)16-8-4-5-9-17(16)20(3)18(19)11-15(23)13-21-10-6-7-14(22)12-21/h4-12H,13H2,1-3H3/p+1/b18-11-. The highest BCUT2D eigenvalue weighted by Crippen LogP contribution is 2.46. The van der Waals surface area contributed by atoms with Gasteiger partial charge in [-0.2, -0.15) is 4.57 Å². The van der Waals surface area contributed by atoms with Gasteiger partial charge in [-0.25, -0.2) is 0 Å². The zero-order valence-corrected chi connectivity index (χ0v) is 13.7. The van der Waals surface area contributed by atoms with Gasteiger partial charge in [-0.15, -0.1) is 0 Å². The summed E-state index contributed by atoms with van der Waals surface area (Å²) in [7, 11) is 1.99. The van der Waals surface area contributed by atoms with Crippen molar-refractivity contribution >= 4 is 11.5 Å². The van der Waals surface area contributed by atoms with Crippen LogP contribution in [0.15, 0.2) is 60.6 Å². The number of rotatable bonds is 3. The quantitative estimate of drug-likeness (QED) is 0.700. The molecule has 4 nitrogen and oxygen atoms in total. The number of carbonyl (C=O) groups is 1. The Morgan fingerprint density at radius 1 is 1.26 bits per heavy atom. The third-order valence-electron chi connectivity index (χ3n) is 4.42. The van der Waals surface area contributed by atoms with Crippen molar-refractivity contribution in [3.63, 3.8) is 0 Å². The number of para-hydroxylation sites is 1. The smallest absolute Gasteiger partial charge is 0.222 e. The summed E-state index contributed by atoms with van der Waals surface area (Å²) in [6.07, 6.45) is 5.04. The van der Waals surface area contributed by atoms with Crippen molar-refractivity contribution in [1.82, 2.24) is 0 Å². The fourth-order valence-corrected chi connectivity index (χ4v) is 3.24. The molecule has 0 fully saturated rings. The zero-order chi connectivity index (χ0) is 16.6. The van der Waals surface area contributed by atoms with Crippen LogP contribution >= 0.6 is 0 Å². The van der Waals surface area contributed by atoms with Crippen LogP contribution in [0.1, 0.15) is 19.4 Å². The molecule has 1 N–H and O–H groups in total. The van der Waals surface area contributed by atoms with E-state index in [0.717, 1.165) is 11.4 Å². The molecule has 0 atom stereocenters. The monoisotopic (exact) mass is 309 g/mol. The molecule has 2 heterocycles. The van der Waals surface area contributed by atoms with Gasteiger partial charge in [-0.3, -0.25) is 4.79 Å². The number of aromatic hydroxyl groups is 1. The number of aromatic nitrogens is 1. The van der Waals surface area contributed by atoms with Crippen molar-refractivity contribution in [1.29, 1.82) is 0 Å². The molecule has 1 aromatic heterocycles. The van der Waals surface area contributed by atoms with E-state index >= 15 is 0 Å². The van der Waals surface area contributed by atoms with Gasteiger partial charge in [0, 0.05) is 36.0 Å². The third-order valence-corrected chi connectivity index (χ3v) is 4.42. The number of carbonyl (C=O) groups excluding carboxylic acids is 1. The molecule has 1 aromatic carbocycles. The van der Waals surface area contributed by atoms with Crippen LogP contribution in [-0.4, -0.2) is 17.9 Å². The lowest BCUT2D eigenvalue weighted by Crippen LogP contribution is -2.37. The number of ketones is 1. The molecule has 0 radical (unpaired) electrons. The summed E-state index contributed by atoms with van der Waals surface area (Å²) in [5.74, 6) is 0.155. The number of anilines is 1. The van der Waals surface area contributed by atoms with Crippen LogP contribution in [0.5, 0.6) is 5.75 Å². The van der Waals surface area contributed by atoms with Gasteiger partial charge < -0.3 is 10.0 Å². The second-order valence-electron chi connectivity index (χ2n) is 6.43. The Balaban J connectivity index is 1.89. The van der Waals surface area contributed by atoms with Crippen molar-refractivity contribution in [3.05, 3.63) is 66.1 Å². The number of allylic oxidation sites excluding steroid dienone is 2. The van der Waals surface area contributed by atoms with Gasteiger partial charge in [0.2, 0.25) is 18.5 Å². The van der Waals surface area contributed by atoms with Crippen LogP contribution in [0.2, 0.25) is 0 Å². The summed E-state index contributed by atoms with van der Waals surface area (Å²) < 4.78 is 1.68. The maximum absolute atomic E-state index is 12.5. The van der Waals surface area contributed by atoms with E-state index in [2.05, 4.69) is 30.9 Å². The Labute approximate surface area is 136 Å². The lowest BCUT2D eigenvalue weighted by molar-refractivity contribution is -0.684. The van der Waals surface area contributed by atoms with Crippen molar-refractivity contribution in [2.45, 2.75) is 25.8 Å². The second-order valence-corrected chi connectivity index (χ2v) is 6.43. The molecule has 118 valence electrons. The first-order valence-electron chi connectivity index (χ1n) is 7.66. The first kappa shape index (κ1) is 15.3. The maximum Gasteiger partial charge on any atom is 0.222 e. The summed E-state index contributed by atoms with van der Waals surface area (Å²) in [5, 5.41) is 9.50. The minimum absolute atomic E-state index is 0.00308. The zero-order valence-electron chi connectivity index (χ0n) is 13.7. The van der Waals surface area contributed by atoms with E-state index in [1.807, 2.05) is 19.2 Å². The Morgan fingerprint density at radius 2 is 2.00 bits per heavy atom. The van der Waals surface area contributed by atoms with Gasteiger partial charge in [0.25, 0.3) is 0 Å². The molecule has 4 heteroatoms. The highest BCUT2D eigenvalue weighted by molar-refractivity contribution is 5.91. The molecule has 0 saturated carbocycles. The molecule has 1 aliphatic rings. The number of pyridine rings is 1. The SMILES string of the molecule is CN1/C(=C\C(=O)C[n+]2cccc(O)c2)C(C)(C)c2ccccc21. The fraction of sp³-hybridized carbons (Fsp3) is 0.263. The molecule has 0 amide bonds. The summed E-state index contributed by atoms with van der Waals surface area (Å²) in [4.78, 5) is 14.5. The first-order chi connectivity index (χ1) is 10.9. The summed E-state index contributed by atoms with van der Waals surface area (Å²) in [6.45, 7) is 4.48. The molecular weight excluding hydrogens is 288 g/mol. The number of fused-ring (bicyclic) bond motifs is 1. The number of likely N-dealkylation sites (N-methyl/N-ethyl adjacent to an activating group) is 1. The lowest BCUT2D eigenvalue weighted by Gasteiger charge is -2.23. The highest BCUT2D eigenvalue weighted by Gasteiger charge is 2.38. The Morgan fingerprint density at radius 3 is 2.70 bits per heavy atom. The fourth-order valence-electron chi connectivity index (χ4n) is 3.24. The largest absolute Gasteiger partial charge is 0.503 e. The van der Waals surface area contributed by atoms with E-state index in [4.69, 9.17) is 0 Å². The maximum atomic E-state index is 12.5. The Kier molecular flexibility index (Phi) is 3.68. The van der Waals surface area contributed by atoms with Gasteiger partial charge >= 0.3 is 0 Å². The third kappa shape index (κ3) is 2.72. The Bertz CT molecular complexity index is 793. The van der Waals surface area contributed by atoms with Crippen LogP contribution in [0.25, 0.3) is 0 Å². The lowest BCUT2D eigenvalue weighted by atomic mass is 9.83. The van der Waals surface area contributed by atoms with Crippen LogP contribution < -0.4 is 9.47 Å². The molecular formula is C19H21N2O2+. The molecule has 3 rings (SSSR count). The van der Waals surface area contributed by atoms with E-state index in [1.165, 1.54) is 5.56 Å². The average molecular weight is 309 g/mol. The summed E-state index contributed by atoms with van der Waals surface area (Å²) in [6, 6.07) is 11.5. The van der Waals surface area contributed by atoms with Gasteiger partial charge in [0.1, 0.15) is 0 Å². The molecule has 0 unspecified atom stereocenters. The molecule has 0 bridgehead atoms. The number of hydrogen-bond donors (Lipinski definition) is 1. The van der Waals surface area contributed by atoms with E-state index in [-0.39, 0.29) is 23.5 Å². The van der Waals surface area contributed by atoms with Crippen molar-refractivity contribution in [2.75, 3.05) is 11.9 Å². The molecule has 23 heavy (non-hydrogen) atoms. The normalized spacial score (nSPS) is 17.3. The molecule has 0 aliphatic carbocycles. The molecule has 2 aromatic rings. The van der Waals surface area contributed by atoms with Crippen LogP contribution in [0.3, 0.4) is 0 Å². The van der Waals surface area contributed by atoms with Crippen LogP contribution in [-0.2, 0) is 16.8 Å². The van der Waals surface area contributed by atoms with Gasteiger partial charge in [-0.1, -0.05) is 32.0 Å². The minimum atomic E-state index is -0.204. The topological polar surface area (TPSA) is 44.4 Å². The second kappa shape index (κ2) is 5.54. The molecule has 1 aliphatic heterocycles. The average Bonchev–Trinajstić information content (AvgIpc) is 2.69. The highest BCUT2D eigenvalue weighted by atomic mass is 16.3. The van der Waals surface area contributed by atoms with Crippen LogP contribution in [0, 0.1) is 0 Å². The van der Waals surface area contributed by atoms with Crippen molar-refractivity contribution in [3.8, 4) is 5.75 Å². The number of nitrogens with zero attached hydrogens (tertiary/aromatic N) is 2. The number of hydrogen-bond acceptors (Lipinski definition) is 3. The first-order valence-corrected chi connectivity index (χ1v) is 7.66. The van der Waals surface area contributed by atoms with E-state index in [0.29, 0.717) is 0 Å². The Hall–Kier alpha value is -2.62. The predicted octanol–water partition coefficient (Wildman–Crippen LogP) is 2.56. The van der Waals surface area contributed by atoms with Gasteiger partial charge in [0.15, 0.2) is 11.9 Å². The van der Waals surface area contributed by atoms with Crippen LogP contribution in [0.4, 0.5) is 5.69 Å². The molecule has 0 spiro atoms. The van der Waals surface area contributed by atoms with Gasteiger partial charge in [-0.05, 0) is 17.7 Å². The summed E-state index contributed by atoms with van der Waals surface area (Å²) >= 11 is 0. The minimum Gasteiger partial charge on any atom is -0.503 e. The van der Waals surface area contributed by atoms with Gasteiger partial charge in [0.05, 0.1) is 0 Å².